The molecule has 0 spiro atoms. The summed E-state index contributed by atoms with van der Waals surface area (Å²) in [4.78, 5) is 0. The monoisotopic (exact) mass is 181 g/mol. The van der Waals surface area contributed by atoms with Gasteiger partial charge >= 0.3 is 0 Å². The Kier molecular flexibility index (Phi) is 4.85. The first-order chi connectivity index (χ1) is 6.36. The third-order valence-corrected chi connectivity index (χ3v) is 2.71. The minimum atomic E-state index is 0.174. The second kappa shape index (κ2) is 5.99. The Balaban J connectivity index is 2.23. The molecule has 0 bridgehead atoms. The van der Waals surface area contributed by atoms with Crippen molar-refractivity contribution in [2.75, 3.05) is 0 Å². The van der Waals surface area contributed by atoms with Gasteiger partial charge in [0, 0.05) is 0 Å². The minimum absolute atomic E-state index is 0.174. The average Bonchev–Trinajstić information content (AvgIpc) is 2.19. The molecular formula is C11H19NO. The molecule has 1 aliphatic rings. The predicted molar refractivity (Wildman–Crippen MR) is 52.3 cm³/mol. The molecule has 0 radical (unpaired) electrons. The van der Waals surface area contributed by atoms with Crippen molar-refractivity contribution in [2.45, 2.75) is 64.1 Å². The fraction of sp³-hybridized carbons (Fsp3) is 0.909. The van der Waals surface area contributed by atoms with E-state index in [0.29, 0.717) is 12.5 Å². The summed E-state index contributed by atoms with van der Waals surface area (Å²) in [6.07, 6.45) is 8.47. The summed E-state index contributed by atoms with van der Waals surface area (Å²) in [5.74, 6) is 0. The molecule has 0 aromatic heterocycles. The van der Waals surface area contributed by atoms with Gasteiger partial charge in [0.05, 0.1) is 24.7 Å². The minimum Gasteiger partial charge on any atom is -0.374 e. The lowest BCUT2D eigenvalue weighted by molar-refractivity contribution is -0.0287. The highest BCUT2D eigenvalue weighted by Gasteiger charge is 2.17. The zero-order chi connectivity index (χ0) is 9.52. The number of nitriles is 1. The van der Waals surface area contributed by atoms with Crippen LogP contribution in [0.25, 0.3) is 0 Å². The van der Waals surface area contributed by atoms with Crippen molar-refractivity contribution in [3.05, 3.63) is 0 Å². The van der Waals surface area contributed by atoms with Crippen molar-refractivity contribution in [1.29, 1.82) is 5.26 Å². The van der Waals surface area contributed by atoms with Crippen LogP contribution < -0.4 is 0 Å². The van der Waals surface area contributed by atoms with Crippen LogP contribution in [0, 0.1) is 11.3 Å². The highest BCUT2D eigenvalue weighted by Crippen LogP contribution is 2.22. The zero-order valence-corrected chi connectivity index (χ0v) is 8.46. The van der Waals surface area contributed by atoms with Gasteiger partial charge in [-0.05, 0) is 19.3 Å². The lowest BCUT2D eigenvalue weighted by atomic mass is 9.97. The van der Waals surface area contributed by atoms with Crippen molar-refractivity contribution >= 4 is 0 Å². The standard InChI is InChI=1S/C11H19NO/c1-2-10(8-9-12)13-11-6-4-3-5-7-11/h10-11H,2-8H2,1H3. The van der Waals surface area contributed by atoms with Crippen LogP contribution in [0.5, 0.6) is 0 Å². The van der Waals surface area contributed by atoms with E-state index in [4.69, 9.17) is 10.00 Å². The maximum Gasteiger partial charge on any atom is 0.0706 e. The van der Waals surface area contributed by atoms with Gasteiger partial charge in [-0.2, -0.15) is 5.26 Å². The van der Waals surface area contributed by atoms with E-state index in [0.717, 1.165) is 6.42 Å². The van der Waals surface area contributed by atoms with Gasteiger partial charge in [-0.25, -0.2) is 0 Å². The van der Waals surface area contributed by atoms with E-state index in [1.54, 1.807) is 0 Å². The van der Waals surface area contributed by atoms with Gasteiger partial charge in [0.15, 0.2) is 0 Å². The van der Waals surface area contributed by atoms with Gasteiger partial charge in [0.1, 0.15) is 0 Å². The molecule has 1 atom stereocenters. The zero-order valence-electron chi connectivity index (χ0n) is 8.46. The third kappa shape index (κ3) is 3.78. The molecule has 1 aliphatic carbocycles. The van der Waals surface area contributed by atoms with Crippen molar-refractivity contribution < 1.29 is 4.74 Å². The smallest absolute Gasteiger partial charge is 0.0706 e. The molecule has 0 aliphatic heterocycles. The SMILES string of the molecule is CCC(CC#N)OC1CCCCC1. The highest BCUT2D eigenvalue weighted by molar-refractivity contribution is 4.77. The van der Waals surface area contributed by atoms with Crippen LogP contribution in [-0.2, 0) is 4.74 Å². The van der Waals surface area contributed by atoms with Gasteiger partial charge < -0.3 is 4.74 Å². The van der Waals surface area contributed by atoms with Crippen molar-refractivity contribution in [3.8, 4) is 6.07 Å². The number of rotatable bonds is 4. The van der Waals surface area contributed by atoms with E-state index in [2.05, 4.69) is 13.0 Å². The number of ether oxygens (including phenoxy) is 1. The molecule has 13 heavy (non-hydrogen) atoms. The van der Waals surface area contributed by atoms with E-state index in [1.807, 2.05) is 0 Å². The van der Waals surface area contributed by atoms with Gasteiger partial charge in [-0.1, -0.05) is 26.2 Å². The normalized spacial score (nSPS) is 20.9. The summed E-state index contributed by atoms with van der Waals surface area (Å²) in [5, 5.41) is 8.57. The van der Waals surface area contributed by atoms with Gasteiger partial charge in [-0.15, -0.1) is 0 Å². The van der Waals surface area contributed by atoms with Crippen molar-refractivity contribution in [3.63, 3.8) is 0 Å². The lowest BCUT2D eigenvalue weighted by Crippen LogP contribution is -2.23. The summed E-state index contributed by atoms with van der Waals surface area (Å²) in [5.41, 5.74) is 0. The highest BCUT2D eigenvalue weighted by atomic mass is 16.5. The van der Waals surface area contributed by atoms with Crippen LogP contribution in [0.3, 0.4) is 0 Å². The van der Waals surface area contributed by atoms with Gasteiger partial charge in [0.25, 0.3) is 0 Å². The summed E-state index contributed by atoms with van der Waals surface area (Å²) >= 11 is 0. The second-order valence-corrected chi connectivity index (χ2v) is 3.79. The number of hydrogen-bond acceptors (Lipinski definition) is 2. The van der Waals surface area contributed by atoms with Crippen LogP contribution in [-0.4, -0.2) is 12.2 Å². The topological polar surface area (TPSA) is 33.0 Å². The molecule has 1 saturated carbocycles. The quantitative estimate of drug-likeness (QED) is 0.668. The first-order valence-electron chi connectivity index (χ1n) is 5.39. The van der Waals surface area contributed by atoms with Crippen LogP contribution in [0.2, 0.25) is 0 Å². The molecule has 0 amide bonds. The van der Waals surface area contributed by atoms with Gasteiger partial charge in [-0.3, -0.25) is 0 Å². The van der Waals surface area contributed by atoms with E-state index >= 15 is 0 Å². The molecule has 0 saturated heterocycles. The molecule has 1 unspecified atom stereocenters. The maximum atomic E-state index is 8.57. The number of hydrogen-bond donors (Lipinski definition) is 0. The summed E-state index contributed by atoms with van der Waals surface area (Å²) in [7, 11) is 0. The van der Waals surface area contributed by atoms with E-state index in [9.17, 15) is 0 Å². The Labute approximate surface area is 80.9 Å². The van der Waals surface area contributed by atoms with E-state index < -0.39 is 0 Å². The molecule has 1 fully saturated rings. The average molecular weight is 181 g/mol. The van der Waals surface area contributed by atoms with Crippen molar-refractivity contribution in [1.82, 2.24) is 0 Å². The molecule has 1 rings (SSSR count). The summed E-state index contributed by atoms with van der Waals surface area (Å²) < 4.78 is 5.86. The molecule has 74 valence electrons. The van der Waals surface area contributed by atoms with E-state index in [1.165, 1.54) is 32.1 Å². The van der Waals surface area contributed by atoms with Crippen LogP contribution in [0.1, 0.15) is 51.9 Å². The first kappa shape index (κ1) is 10.5. The lowest BCUT2D eigenvalue weighted by Gasteiger charge is -2.25. The Morgan fingerprint density at radius 1 is 1.38 bits per heavy atom. The molecular weight excluding hydrogens is 162 g/mol. The Morgan fingerprint density at radius 2 is 2.08 bits per heavy atom. The predicted octanol–water partition coefficient (Wildman–Crippen LogP) is 3.03. The summed E-state index contributed by atoms with van der Waals surface area (Å²) in [6.45, 7) is 2.09. The summed E-state index contributed by atoms with van der Waals surface area (Å²) in [6, 6.07) is 2.18. The molecule has 0 heterocycles. The van der Waals surface area contributed by atoms with Crippen LogP contribution in [0.15, 0.2) is 0 Å². The van der Waals surface area contributed by atoms with E-state index in [-0.39, 0.29) is 6.10 Å². The molecule has 0 N–H and O–H groups in total. The van der Waals surface area contributed by atoms with Crippen LogP contribution in [0.4, 0.5) is 0 Å². The molecule has 0 aromatic rings. The number of nitrogens with zero attached hydrogens (tertiary/aromatic N) is 1. The van der Waals surface area contributed by atoms with Gasteiger partial charge in [0.2, 0.25) is 0 Å². The van der Waals surface area contributed by atoms with Crippen molar-refractivity contribution in [2.24, 2.45) is 0 Å². The Hall–Kier alpha value is -0.550. The van der Waals surface area contributed by atoms with Crippen LogP contribution >= 0.6 is 0 Å². The Morgan fingerprint density at radius 3 is 2.62 bits per heavy atom. The fourth-order valence-corrected chi connectivity index (χ4v) is 1.86. The molecule has 2 heteroatoms. The maximum absolute atomic E-state index is 8.57. The molecule has 0 aromatic carbocycles. The third-order valence-electron chi connectivity index (χ3n) is 2.71. The fourth-order valence-electron chi connectivity index (χ4n) is 1.86. The second-order valence-electron chi connectivity index (χ2n) is 3.79. The largest absolute Gasteiger partial charge is 0.374 e. The first-order valence-corrected chi connectivity index (χ1v) is 5.39. The Bertz CT molecular complexity index is 167. The molecule has 2 nitrogen and oxygen atoms in total.